The predicted octanol–water partition coefficient (Wildman–Crippen LogP) is 2.59. The zero-order valence-electron chi connectivity index (χ0n) is 11.3. The van der Waals surface area contributed by atoms with Crippen molar-refractivity contribution in [3.8, 4) is 0 Å². The van der Waals surface area contributed by atoms with Gasteiger partial charge in [-0.25, -0.2) is 0 Å². The van der Waals surface area contributed by atoms with E-state index in [1.807, 2.05) is 6.26 Å². The summed E-state index contributed by atoms with van der Waals surface area (Å²) in [5.41, 5.74) is 1.44. The summed E-state index contributed by atoms with van der Waals surface area (Å²) >= 11 is 0. The highest BCUT2D eigenvalue weighted by Gasteiger charge is 2.27. The Hall–Kier alpha value is -0.800. The van der Waals surface area contributed by atoms with Crippen molar-refractivity contribution >= 4 is 0 Å². The summed E-state index contributed by atoms with van der Waals surface area (Å²) in [7, 11) is 2.29. The fraction of sp³-hybridized carbons (Fsp3) is 0.733. The third-order valence-electron chi connectivity index (χ3n) is 4.56. The maximum atomic E-state index is 5.59. The first-order valence-electron chi connectivity index (χ1n) is 7.32. The summed E-state index contributed by atoms with van der Waals surface area (Å²) < 4.78 is 5.59. The number of rotatable bonds is 3. The first kappa shape index (κ1) is 12.2. The van der Waals surface area contributed by atoms with Crippen LogP contribution in [-0.4, -0.2) is 31.6 Å². The number of fused-ring (bicyclic) bond motifs is 1. The summed E-state index contributed by atoms with van der Waals surface area (Å²) in [5.74, 6) is 2.09. The highest BCUT2D eigenvalue weighted by Crippen LogP contribution is 2.34. The lowest BCUT2D eigenvalue weighted by atomic mass is 9.90. The predicted molar refractivity (Wildman–Crippen MR) is 72.6 cm³/mol. The zero-order valence-corrected chi connectivity index (χ0v) is 11.3. The molecule has 18 heavy (non-hydrogen) atoms. The number of nitrogens with one attached hydrogen (secondary N) is 1. The molecule has 0 amide bonds. The third-order valence-corrected chi connectivity index (χ3v) is 4.56. The molecular weight excluding hydrogens is 224 g/mol. The quantitative estimate of drug-likeness (QED) is 0.891. The molecule has 1 fully saturated rings. The van der Waals surface area contributed by atoms with E-state index in [0.29, 0.717) is 6.04 Å². The Labute approximate surface area is 110 Å². The van der Waals surface area contributed by atoms with Crippen molar-refractivity contribution in [2.24, 2.45) is 5.92 Å². The molecule has 2 heterocycles. The minimum Gasteiger partial charge on any atom is -0.469 e. The van der Waals surface area contributed by atoms with Crippen LogP contribution in [-0.2, 0) is 6.42 Å². The molecule has 1 unspecified atom stereocenters. The molecule has 1 aliphatic heterocycles. The topological polar surface area (TPSA) is 28.4 Å². The first-order chi connectivity index (χ1) is 8.84. The van der Waals surface area contributed by atoms with Gasteiger partial charge in [-0.05, 0) is 57.8 Å². The maximum absolute atomic E-state index is 5.59. The van der Waals surface area contributed by atoms with Crippen molar-refractivity contribution in [3.63, 3.8) is 0 Å². The fourth-order valence-electron chi connectivity index (χ4n) is 3.52. The third kappa shape index (κ3) is 2.47. The van der Waals surface area contributed by atoms with Crippen LogP contribution in [0.3, 0.4) is 0 Å². The van der Waals surface area contributed by atoms with Gasteiger partial charge in [0.2, 0.25) is 0 Å². The van der Waals surface area contributed by atoms with Gasteiger partial charge >= 0.3 is 0 Å². The molecule has 0 radical (unpaired) electrons. The molecule has 1 atom stereocenters. The van der Waals surface area contributed by atoms with Gasteiger partial charge in [0, 0.05) is 24.6 Å². The van der Waals surface area contributed by atoms with E-state index >= 15 is 0 Å². The molecule has 100 valence electrons. The number of hydrogen-bond acceptors (Lipinski definition) is 3. The smallest absolute Gasteiger partial charge is 0.108 e. The molecule has 0 bridgehead atoms. The second-order valence-corrected chi connectivity index (χ2v) is 5.84. The minimum absolute atomic E-state index is 0.586. The summed E-state index contributed by atoms with van der Waals surface area (Å²) in [6.45, 7) is 3.62. The van der Waals surface area contributed by atoms with Gasteiger partial charge in [-0.3, -0.25) is 4.90 Å². The highest BCUT2D eigenvalue weighted by atomic mass is 16.3. The van der Waals surface area contributed by atoms with Gasteiger partial charge in [0.15, 0.2) is 0 Å². The van der Waals surface area contributed by atoms with E-state index < -0.39 is 0 Å². The molecule has 2 aliphatic rings. The van der Waals surface area contributed by atoms with Crippen LogP contribution in [0.15, 0.2) is 16.7 Å². The van der Waals surface area contributed by atoms with E-state index in [4.69, 9.17) is 4.42 Å². The van der Waals surface area contributed by atoms with Crippen LogP contribution in [0, 0.1) is 5.92 Å². The van der Waals surface area contributed by atoms with Crippen molar-refractivity contribution in [3.05, 3.63) is 23.7 Å². The average molecular weight is 248 g/mol. The van der Waals surface area contributed by atoms with Gasteiger partial charge in [0.1, 0.15) is 5.76 Å². The minimum atomic E-state index is 0.586. The van der Waals surface area contributed by atoms with Gasteiger partial charge in [-0.1, -0.05) is 0 Å². The Morgan fingerprint density at radius 2 is 2.17 bits per heavy atom. The van der Waals surface area contributed by atoms with Crippen LogP contribution < -0.4 is 5.32 Å². The van der Waals surface area contributed by atoms with Crippen LogP contribution >= 0.6 is 0 Å². The van der Waals surface area contributed by atoms with E-state index in [2.05, 4.69) is 23.3 Å². The molecule has 3 nitrogen and oxygen atoms in total. The Morgan fingerprint density at radius 1 is 1.33 bits per heavy atom. The van der Waals surface area contributed by atoms with Crippen LogP contribution in [0.2, 0.25) is 0 Å². The van der Waals surface area contributed by atoms with E-state index in [9.17, 15) is 0 Å². The SMILES string of the molecule is CN(CC1CCNCC1)C1CCCc2occc21. The Kier molecular flexibility index (Phi) is 3.71. The van der Waals surface area contributed by atoms with Crippen LogP contribution in [0.5, 0.6) is 0 Å². The molecule has 3 heteroatoms. The number of hydrogen-bond donors (Lipinski definition) is 1. The van der Waals surface area contributed by atoms with Crippen molar-refractivity contribution in [2.45, 2.75) is 38.1 Å². The highest BCUT2D eigenvalue weighted by molar-refractivity contribution is 5.24. The van der Waals surface area contributed by atoms with E-state index in [0.717, 1.165) is 12.3 Å². The molecule has 1 N–H and O–H groups in total. The molecule has 1 aliphatic carbocycles. The number of nitrogens with zero attached hydrogens (tertiary/aromatic N) is 1. The second kappa shape index (κ2) is 5.45. The van der Waals surface area contributed by atoms with Crippen LogP contribution in [0.4, 0.5) is 0 Å². The lowest BCUT2D eigenvalue weighted by molar-refractivity contribution is 0.169. The molecule has 3 rings (SSSR count). The second-order valence-electron chi connectivity index (χ2n) is 5.84. The van der Waals surface area contributed by atoms with Crippen molar-refractivity contribution in [1.82, 2.24) is 10.2 Å². The monoisotopic (exact) mass is 248 g/mol. The fourth-order valence-corrected chi connectivity index (χ4v) is 3.52. The molecule has 1 aromatic rings. The molecular formula is C15H24N2O. The van der Waals surface area contributed by atoms with E-state index in [1.165, 1.54) is 56.6 Å². The number of piperidine rings is 1. The molecule has 0 aromatic carbocycles. The van der Waals surface area contributed by atoms with Crippen molar-refractivity contribution < 1.29 is 4.42 Å². The lowest BCUT2D eigenvalue weighted by Gasteiger charge is -2.34. The largest absolute Gasteiger partial charge is 0.469 e. The number of furan rings is 1. The van der Waals surface area contributed by atoms with Gasteiger partial charge in [0.25, 0.3) is 0 Å². The Morgan fingerprint density at radius 3 is 3.00 bits per heavy atom. The molecule has 0 saturated carbocycles. The first-order valence-corrected chi connectivity index (χ1v) is 7.32. The van der Waals surface area contributed by atoms with Crippen LogP contribution in [0.25, 0.3) is 0 Å². The van der Waals surface area contributed by atoms with E-state index in [-0.39, 0.29) is 0 Å². The van der Waals surface area contributed by atoms with Crippen molar-refractivity contribution in [2.75, 3.05) is 26.7 Å². The number of aryl methyl sites for hydroxylation is 1. The van der Waals surface area contributed by atoms with Crippen LogP contribution in [0.1, 0.15) is 43.0 Å². The van der Waals surface area contributed by atoms with E-state index in [1.54, 1.807) is 0 Å². The summed E-state index contributed by atoms with van der Waals surface area (Å²) in [5, 5.41) is 3.45. The molecule has 0 spiro atoms. The summed E-state index contributed by atoms with van der Waals surface area (Å²) in [6.07, 6.45) is 8.20. The average Bonchev–Trinajstić information content (AvgIpc) is 2.87. The van der Waals surface area contributed by atoms with Gasteiger partial charge in [0.05, 0.1) is 6.26 Å². The van der Waals surface area contributed by atoms with Crippen molar-refractivity contribution in [1.29, 1.82) is 0 Å². The lowest BCUT2D eigenvalue weighted by Crippen LogP contribution is -2.36. The maximum Gasteiger partial charge on any atom is 0.108 e. The Bertz CT molecular complexity index is 382. The summed E-state index contributed by atoms with van der Waals surface area (Å²) in [4.78, 5) is 2.56. The molecule has 1 saturated heterocycles. The van der Waals surface area contributed by atoms with Gasteiger partial charge in [-0.15, -0.1) is 0 Å². The normalized spacial score (nSPS) is 25.3. The zero-order chi connectivity index (χ0) is 12.4. The van der Waals surface area contributed by atoms with Gasteiger partial charge < -0.3 is 9.73 Å². The molecule has 1 aromatic heterocycles. The summed E-state index contributed by atoms with van der Waals surface area (Å²) in [6, 6.07) is 2.76. The Balaban J connectivity index is 1.64. The van der Waals surface area contributed by atoms with Gasteiger partial charge in [-0.2, -0.15) is 0 Å². The standard InChI is InChI=1S/C15H24N2O/c1-17(11-12-5-8-16-9-6-12)14-3-2-4-15-13(14)7-10-18-15/h7,10,12,14,16H,2-6,8-9,11H2,1H3.